The Kier molecular flexibility index (Phi) is 8.82. The number of carbonyl (C=O) groups excluding carboxylic acids is 4. The number of hydrogen-bond donors (Lipinski definition) is 0. The summed E-state index contributed by atoms with van der Waals surface area (Å²) in [4.78, 5) is 49.2. The predicted molar refractivity (Wildman–Crippen MR) is 131 cm³/mol. The molecule has 11 heteroatoms. The van der Waals surface area contributed by atoms with Crippen molar-refractivity contribution in [3.05, 3.63) is 47.5 Å². The van der Waals surface area contributed by atoms with Gasteiger partial charge in [-0.15, -0.1) is 0 Å². The van der Waals surface area contributed by atoms with Crippen molar-refractivity contribution in [2.45, 2.75) is 38.9 Å². The molecule has 0 saturated carbocycles. The topological polar surface area (TPSA) is 133 Å². The van der Waals surface area contributed by atoms with Gasteiger partial charge in [0.15, 0.2) is 23.0 Å². The average Bonchev–Trinajstić information content (AvgIpc) is 3.16. The maximum Gasteiger partial charge on any atom is 0.351 e. The van der Waals surface area contributed by atoms with Gasteiger partial charge in [-0.1, -0.05) is 12.1 Å². The molecular weight excluding hydrogens is 500 g/mol. The first-order valence-electron chi connectivity index (χ1n) is 11.7. The Morgan fingerprint density at radius 1 is 0.868 bits per heavy atom. The van der Waals surface area contributed by atoms with E-state index in [1.165, 1.54) is 48.2 Å². The van der Waals surface area contributed by atoms with Gasteiger partial charge in [0.1, 0.15) is 12.7 Å². The molecule has 0 aliphatic carbocycles. The van der Waals surface area contributed by atoms with E-state index in [0.29, 0.717) is 22.6 Å². The third kappa shape index (κ3) is 5.99. The summed E-state index contributed by atoms with van der Waals surface area (Å²) < 4.78 is 38.0. The van der Waals surface area contributed by atoms with Crippen molar-refractivity contribution in [3.8, 4) is 23.0 Å². The van der Waals surface area contributed by atoms with E-state index in [0.717, 1.165) is 0 Å². The minimum Gasteiger partial charge on any atom is -0.493 e. The predicted octanol–water partition coefficient (Wildman–Crippen LogP) is 2.96. The molecule has 2 aromatic carbocycles. The molecule has 1 heterocycles. The van der Waals surface area contributed by atoms with Gasteiger partial charge in [0, 0.05) is 27.2 Å². The molecule has 0 aromatic heterocycles. The van der Waals surface area contributed by atoms with Gasteiger partial charge >= 0.3 is 23.9 Å². The Hall–Kier alpha value is -4.28. The summed E-state index contributed by atoms with van der Waals surface area (Å²) in [6.07, 6.45) is -1.20. The van der Waals surface area contributed by atoms with E-state index in [2.05, 4.69) is 0 Å². The Labute approximate surface area is 219 Å². The van der Waals surface area contributed by atoms with Crippen LogP contribution in [0.15, 0.2) is 36.4 Å². The molecule has 11 nitrogen and oxygen atoms in total. The summed E-state index contributed by atoms with van der Waals surface area (Å²) >= 11 is 0. The molecule has 38 heavy (non-hydrogen) atoms. The van der Waals surface area contributed by atoms with Crippen LogP contribution in [0, 0.1) is 5.92 Å². The molecule has 1 aliphatic heterocycles. The molecule has 0 bridgehead atoms. The first-order chi connectivity index (χ1) is 18.0. The van der Waals surface area contributed by atoms with Crippen LogP contribution in [0.2, 0.25) is 0 Å². The van der Waals surface area contributed by atoms with E-state index in [1.54, 1.807) is 30.3 Å². The normalized spacial score (nSPS) is 19.1. The SMILES string of the molecule is COc1ccc([C@@H](OC(C)=O)[C@H]2COC(=O)[C@@]2(Cc2ccc(OC(C)=O)c(OC)c2)OC(C)=O)cc1OC. The number of cyclic esters (lactones) is 1. The van der Waals surface area contributed by atoms with Crippen molar-refractivity contribution in [2.75, 3.05) is 27.9 Å². The minimum absolute atomic E-state index is 0.141. The van der Waals surface area contributed by atoms with Gasteiger partial charge in [0.2, 0.25) is 5.60 Å². The third-order valence-corrected chi connectivity index (χ3v) is 6.01. The molecule has 0 spiro atoms. The number of benzene rings is 2. The standard InChI is InChI=1S/C27H30O11/c1-15(28)36-22-9-7-18(11-23(22)33-5)13-27(38-17(3)30)20(14-35-26(27)31)25(37-16(2)29)19-8-10-21(32-4)24(12-19)34-6/h7-12,20,25H,13-14H2,1-6H3/t20-,25-,27+/m1/s1. The zero-order valence-electron chi connectivity index (χ0n) is 22.0. The van der Waals surface area contributed by atoms with Crippen molar-refractivity contribution < 1.29 is 52.3 Å². The third-order valence-electron chi connectivity index (χ3n) is 6.01. The quantitative estimate of drug-likeness (QED) is 0.255. The summed E-state index contributed by atoms with van der Waals surface area (Å²) in [7, 11) is 4.34. The second kappa shape index (κ2) is 11.8. The van der Waals surface area contributed by atoms with Crippen LogP contribution in [0.4, 0.5) is 0 Å². The maximum atomic E-state index is 13.3. The highest BCUT2D eigenvalue weighted by Gasteiger charge is 2.59. The van der Waals surface area contributed by atoms with Crippen LogP contribution in [0.3, 0.4) is 0 Å². The van der Waals surface area contributed by atoms with Crippen LogP contribution < -0.4 is 18.9 Å². The molecule has 1 fully saturated rings. The van der Waals surface area contributed by atoms with Gasteiger partial charge in [0.05, 0.1) is 27.2 Å². The summed E-state index contributed by atoms with van der Waals surface area (Å²) in [5, 5.41) is 0. The van der Waals surface area contributed by atoms with Gasteiger partial charge < -0.3 is 33.2 Å². The van der Waals surface area contributed by atoms with E-state index in [1.807, 2.05) is 0 Å². The van der Waals surface area contributed by atoms with Crippen molar-refractivity contribution in [2.24, 2.45) is 5.92 Å². The Balaban J connectivity index is 2.12. The summed E-state index contributed by atoms with van der Waals surface area (Å²) in [6.45, 7) is 3.47. The van der Waals surface area contributed by atoms with Gasteiger partial charge in [-0.05, 0) is 35.4 Å². The number of rotatable bonds is 10. The first kappa shape index (κ1) is 28.3. The summed E-state index contributed by atoms with van der Waals surface area (Å²) in [5.74, 6) is -2.38. The molecular formula is C27H30O11. The second-order valence-corrected chi connectivity index (χ2v) is 8.59. The fourth-order valence-corrected chi connectivity index (χ4v) is 4.47. The monoisotopic (exact) mass is 530 g/mol. The second-order valence-electron chi connectivity index (χ2n) is 8.59. The smallest absolute Gasteiger partial charge is 0.351 e. The van der Waals surface area contributed by atoms with Crippen LogP contribution in [0.25, 0.3) is 0 Å². The maximum absolute atomic E-state index is 13.3. The van der Waals surface area contributed by atoms with Crippen LogP contribution in [0.1, 0.15) is 38.0 Å². The lowest BCUT2D eigenvalue weighted by molar-refractivity contribution is -0.180. The summed E-state index contributed by atoms with van der Waals surface area (Å²) in [5.41, 5.74) is -0.871. The Morgan fingerprint density at radius 2 is 1.50 bits per heavy atom. The molecule has 3 atom stereocenters. The molecule has 0 N–H and O–H groups in total. The van der Waals surface area contributed by atoms with E-state index in [9.17, 15) is 19.2 Å². The first-order valence-corrected chi connectivity index (χ1v) is 11.7. The number of hydrogen-bond acceptors (Lipinski definition) is 11. The van der Waals surface area contributed by atoms with Crippen LogP contribution in [-0.2, 0) is 39.8 Å². The van der Waals surface area contributed by atoms with Gasteiger partial charge in [-0.3, -0.25) is 14.4 Å². The lowest BCUT2D eigenvalue weighted by Crippen LogP contribution is -2.49. The highest BCUT2D eigenvalue weighted by Crippen LogP contribution is 2.45. The van der Waals surface area contributed by atoms with E-state index in [4.69, 9.17) is 33.2 Å². The lowest BCUT2D eigenvalue weighted by Gasteiger charge is -2.35. The molecule has 3 rings (SSSR count). The number of ether oxygens (including phenoxy) is 7. The molecule has 204 valence electrons. The molecule has 0 unspecified atom stereocenters. The summed E-state index contributed by atoms with van der Waals surface area (Å²) in [6, 6.07) is 9.58. The van der Waals surface area contributed by atoms with Crippen LogP contribution in [-0.4, -0.2) is 57.4 Å². The number of carbonyl (C=O) groups is 4. The lowest BCUT2D eigenvalue weighted by atomic mass is 9.78. The van der Waals surface area contributed by atoms with Crippen molar-refractivity contribution in [1.82, 2.24) is 0 Å². The largest absolute Gasteiger partial charge is 0.493 e. The van der Waals surface area contributed by atoms with Gasteiger partial charge in [-0.25, -0.2) is 4.79 Å². The van der Waals surface area contributed by atoms with Crippen LogP contribution in [0.5, 0.6) is 23.0 Å². The average molecular weight is 531 g/mol. The van der Waals surface area contributed by atoms with Crippen molar-refractivity contribution in [1.29, 1.82) is 0 Å². The highest BCUT2D eigenvalue weighted by atomic mass is 16.6. The Bertz CT molecular complexity index is 1220. The van der Waals surface area contributed by atoms with Gasteiger partial charge in [-0.2, -0.15) is 0 Å². The fourth-order valence-electron chi connectivity index (χ4n) is 4.47. The van der Waals surface area contributed by atoms with E-state index < -0.39 is 41.5 Å². The van der Waals surface area contributed by atoms with Crippen molar-refractivity contribution >= 4 is 23.9 Å². The molecule has 2 aromatic rings. The highest BCUT2D eigenvalue weighted by molar-refractivity contribution is 5.86. The molecule has 1 aliphatic rings. The minimum atomic E-state index is -1.85. The zero-order chi connectivity index (χ0) is 28.0. The zero-order valence-corrected chi connectivity index (χ0v) is 22.0. The van der Waals surface area contributed by atoms with Gasteiger partial charge in [0.25, 0.3) is 0 Å². The fraction of sp³-hybridized carbons (Fsp3) is 0.407. The van der Waals surface area contributed by atoms with E-state index >= 15 is 0 Å². The molecule has 0 amide bonds. The number of esters is 4. The van der Waals surface area contributed by atoms with E-state index in [-0.39, 0.29) is 24.5 Å². The van der Waals surface area contributed by atoms with Crippen LogP contribution >= 0.6 is 0 Å². The molecule has 0 radical (unpaired) electrons. The molecule has 1 saturated heterocycles. The van der Waals surface area contributed by atoms with Crippen molar-refractivity contribution in [3.63, 3.8) is 0 Å². The Morgan fingerprint density at radius 3 is 2.08 bits per heavy atom. The number of methoxy groups -OCH3 is 3.